The van der Waals surface area contributed by atoms with E-state index in [1.165, 1.54) is 31.5 Å². The molecule has 3 rings (SSSR count). The second-order valence-corrected chi connectivity index (χ2v) is 6.07. The fourth-order valence-electron chi connectivity index (χ4n) is 2.49. The Hall–Kier alpha value is -0.690. The van der Waals surface area contributed by atoms with Gasteiger partial charge in [0.1, 0.15) is 5.84 Å². The van der Waals surface area contributed by atoms with Crippen molar-refractivity contribution in [3.05, 3.63) is 52.2 Å². The summed E-state index contributed by atoms with van der Waals surface area (Å²) in [5.41, 5.74) is 8.26. The molecule has 0 aliphatic carbocycles. The summed E-state index contributed by atoms with van der Waals surface area (Å²) in [4.78, 5) is 7.98. The van der Waals surface area contributed by atoms with Crippen LogP contribution in [0, 0.1) is 0 Å². The van der Waals surface area contributed by atoms with Gasteiger partial charge in [0.25, 0.3) is 0 Å². The largest absolute Gasteiger partial charge is 0.383 e. The minimum Gasteiger partial charge on any atom is -0.383 e. The topological polar surface area (TPSA) is 41.6 Å². The predicted molar refractivity (Wildman–Crippen MR) is 106 cm³/mol. The monoisotopic (exact) mass is 445 g/mol. The summed E-state index contributed by atoms with van der Waals surface area (Å²) in [6.45, 7) is 3.50. The maximum atomic E-state index is 5.99. The lowest BCUT2D eigenvalue weighted by Crippen LogP contribution is -2.18. The lowest BCUT2D eigenvalue weighted by atomic mass is 10.2. The first-order valence-corrected chi connectivity index (χ1v) is 7.88. The van der Waals surface area contributed by atoms with Gasteiger partial charge in [0.15, 0.2) is 0 Å². The SMILES string of the molecule is Br.Br.NC(=Nc1ccc(CN2CCCC2)cc1)c1cccs1. The van der Waals surface area contributed by atoms with Gasteiger partial charge in [0.2, 0.25) is 0 Å². The van der Waals surface area contributed by atoms with Crippen molar-refractivity contribution in [3.8, 4) is 0 Å². The Morgan fingerprint density at radius 3 is 2.36 bits per heavy atom. The molecule has 0 unspecified atom stereocenters. The fourth-order valence-corrected chi connectivity index (χ4v) is 3.12. The Balaban J connectivity index is 0.00000121. The van der Waals surface area contributed by atoms with E-state index in [2.05, 4.69) is 22.0 Å². The summed E-state index contributed by atoms with van der Waals surface area (Å²) >= 11 is 1.61. The van der Waals surface area contributed by atoms with Gasteiger partial charge >= 0.3 is 0 Å². The van der Waals surface area contributed by atoms with Gasteiger partial charge in [-0.15, -0.1) is 45.3 Å². The molecule has 120 valence electrons. The van der Waals surface area contributed by atoms with E-state index in [-0.39, 0.29) is 34.0 Å². The molecule has 2 N–H and O–H groups in total. The van der Waals surface area contributed by atoms with Crippen LogP contribution in [-0.2, 0) is 6.54 Å². The number of halogens is 2. The molecule has 6 heteroatoms. The zero-order chi connectivity index (χ0) is 13.8. The van der Waals surface area contributed by atoms with Crippen LogP contribution in [0.15, 0.2) is 46.8 Å². The van der Waals surface area contributed by atoms with Crippen molar-refractivity contribution in [2.45, 2.75) is 19.4 Å². The van der Waals surface area contributed by atoms with Gasteiger partial charge in [0, 0.05) is 6.54 Å². The van der Waals surface area contributed by atoms with Crippen LogP contribution in [0.1, 0.15) is 23.3 Å². The van der Waals surface area contributed by atoms with Crippen LogP contribution in [0.3, 0.4) is 0 Å². The molecule has 1 aliphatic rings. The highest BCUT2D eigenvalue weighted by atomic mass is 79.9. The van der Waals surface area contributed by atoms with E-state index in [1.54, 1.807) is 11.3 Å². The zero-order valence-electron chi connectivity index (χ0n) is 12.3. The average molecular weight is 447 g/mol. The van der Waals surface area contributed by atoms with E-state index in [9.17, 15) is 0 Å². The molecule has 0 spiro atoms. The van der Waals surface area contributed by atoms with Crippen LogP contribution in [0.2, 0.25) is 0 Å². The van der Waals surface area contributed by atoms with Crippen LogP contribution < -0.4 is 5.73 Å². The molecule has 3 nitrogen and oxygen atoms in total. The highest BCUT2D eigenvalue weighted by Gasteiger charge is 2.11. The van der Waals surface area contributed by atoms with Crippen molar-refractivity contribution in [2.24, 2.45) is 10.7 Å². The fraction of sp³-hybridized carbons (Fsp3) is 0.312. The van der Waals surface area contributed by atoms with Crippen LogP contribution in [0.4, 0.5) is 5.69 Å². The molecule has 1 aliphatic heterocycles. The summed E-state index contributed by atoms with van der Waals surface area (Å²) in [5.74, 6) is 0.590. The number of likely N-dealkylation sites (tertiary alicyclic amines) is 1. The van der Waals surface area contributed by atoms with Crippen LogP contribution in [0.5, 0.6) is 0 Å². The number of nitrogens with two attached hydrogens (primary N) is 1. The second kappa shape index (κ2) is 9.45. The molecule has 0 amide bonds. The van der Waals surface area contributed by atoms with E-state index in [4.69, 9.17) is 5.73 Å². The Labute approximate surface area is 156 Å². The molecule has 0 saturated carbocycles. The Bertz CT molecular complexity index is 576. The normalized spacial score (nSPS) is 15.2. The van der Waals surface area contributed by atoms with E-state index in [1.807, 2.05) is 29.6 Å². The van der Waals surface area contributed by atoms with Gasteiger partial charge in [0.05, 0.1) is 10.6 Å². The molecule has 1 saturated heterocycles. The van der Waals surface area contributed by atoms with Gasteiger partial charge < -0.3 is 5.73 Å². The lowest BCUT2D eigenvalue weighted by molar-refractivity contribution is 0.331. The summed E-state index contributed by atoms with van der Waals surface area (Å²) < 4.78 is 0. The van der Waals surface area contributed by atoms with E-state index in [0.717, 1.165) is 17.1 Å². The average Bonchev–Trinajstić information content (AvgIpc) is 3.13. The maximum Gasteiger partial charge on any atom is 0.141 e. The summed E-state index contributed by atoms with van der Waals surface area (Å²) in [6.07, 6.45) is 2.67. The Morgan fingerprint density at radius 1 is 1.09 bits per heavy atom. The number of benzene rings is 1. The van der Waals surface area contributed by atoms with Crippen molar-refractivity contribution >= 4 is 56.8 Å². The summed E-state index contributed by atoms with van der Waals surface area (Å²) in [7, 11) is 0. The van der Waals surface area contributed by atoms with Gasteiger partial charge in [-0.3, -0.25) is 4.90 Å². The highest BCUT2D eigenvalue weighted by molar-refractivity contribution is 8.93. The number of nitrogens with zero attached hydrogens (tertiary/aromatic N) is 2. The molecule has 22 heavy (non-hydrogen) atoms. The number of hydrogen-bond acceptors (Lipinski definition) is 3. The molecule has 2 heterocycles. The molecule has 0 bridgehead atoms. The summed E-state index contributed by atoms with van der Waals surface area (Å²) in [5, 5.41) is 2.01. The smallest absolute Gasteiger partial charge is 0.141 e. The third-order valence-corrected chi connectivity index (χ3v) is 4.46. The van der Waals surface area contributed by atoms with Gasteiger partial charge in [-0.25, -0.2) is 4.99 Å². The molecular formula is C16H21Br2N3S. The van der Waals surface area contributed by atoms with Gasteiger partial charge in [-0.1, -0.05) is 18.2 Å². The Morgan fingerprint density at radius 2 is 1.77 bits per heavy atom. The first kappa shape index (κ1) is 19.4. The molecule has 1 aromatic carbocycles. The first-order valence-electron chi connectivity index (χ1n) is 7.00. The number of rotatable bonds is 4. The molecule has 0 atom stereocenters. The van der Waals surface area contributed by atoms with E-state index >= 15 is 0 Å². The van der Waals surface area contributed by atoms with Crippen molar-refractivity contribution in [2.75, 3.05) is 13.1 Å². The number of aliphatic imine (C=N–C) groups is 1. The third-order valence-electron chi connectivity index (χ3n) is 3.56. The molecule has 0 radical (unpaired) electrons. The highest BCUT2D eigenvalue weighted by Crippen LogP contribution is 2.18. The van der Waals surface area contributed by atoms with E-state index in [0.29, 0.717) is 5.84 Å². The van der Waals surface area contributed by atoms with Crippen molar-refractivity contribution in [1.29, 1.82) is 0 Å². The quantitative estimate of drug-likeness (QED) is 0.553. The van der Waals surface area contributed by atoms with Crippen LogP contribution in [-0.4, -0.2) is 23.8 Å². The van der Waals surface area contributed by atoms with Gasteiger partial charge in [-0.05, 0) is 55.1 Å². The van der Waals surface area contributed by atoms with Crippen molar-refractivity contribution in [3.63, 3.8) is 0 Å². The maximum absolute atomic E-state index is 5.99. The third kappa shape index (κ3) is 5.19. The summed E-state index contributed by atoms with van der Waals surface area (Å²) in [6, 6.07) is 12.4. The molecular weight excluding hydrogens is 426 g/mol. The number of amidine groups is 1. The zero-order valence-corrected chi connectivity index (χ0v) is 16.5. The van der Waals surface area contributed by atoms with Gasteiger partial charge in [-0.2, -0.15) is 0 Å². The minimum atomic E-state index is 0. The lowest BCUT2D eigenvalue weighted by Gasteiger charge is -2.14. The van der Waals surface area contributed by atoms with E-state index < -0.39 is 0 Å². The second-order valence-electron chi connectivity index (χ2n) is 5.12. The van der Waals surface area contributed by atoms with Crippen LogP contribution >= 0.6 is 45.3 Å². The minimum absolute atomic E-state index is 0. The number of hydrogen-bond donors (Lipinski definition) is 1. The molecule has 2 aromatic rings. The number of thiophene rings is 1. The standard InChI is InChI=1S/C16H19N3S.2BrH/c17-16(15-4-3-11-20-15)18-14-7-5-13(6-8-14)12-19-9-1-2-10-19;;/h3-8,11H,1-2,9-10,12H2,(H2,17,18);2*1H. The first-order chi connectivity index (χ1) is 9.81. The molecule has 1 fully saturated rings. The van der Waals surface area contributed by atoms with Crippen LogP contribution in [0.25, 0.3) is 0 Å². The molecule has 1 aromatic heterocycles. The van der Waals surface area contributed by atoms with Crippen molar-refractivity contribution in [1.82, 2.24) is 4.90 Å². The van der Waals surface area contributed by atoms with Crippen molar-refractivity contribution < 1.29 is 0 Å². The Kier molecular flexibility index (Phi) is 8.31. The predicted octanol–water partition coefficient (Wildman–Crippen LogP) is 4.54.